The third-order valence-electron chi connectivity index (χ3n) is 3.51. The smallest absolute Gasteiger partial charge is 0.239 e. The van der Waals surface area contributed by atoms with Gasteiger partial charge in [-0.15, -0.1) is 24.0 Å². The van der Waals surface area contributed by atoms with Crippen molar-refractivity contribution < 1.29 is 13.6 Å². The highest BCUT2D eigenvalue weighted by Gasteiger charge is 2.06. The Kier molecular flexibility index (Phi) is 10.3. The first kappa shape index (κ1) is 22.8. The van der Waals surface area contributed by atoms with Crippen molar-refractivity contribution in [3.8, 4) is 0 Å². The van der Waals surface area contributed by atoms with Crippen LogP contribution in [0.2, 0.25) is 0 Å². The van der Waals surface area contributed by atoms with Crippen LogP contribution in [0, 0.1) is 11.6 Å². The highest BCUT2D eigenvalue weighted by atomic mass is 127. The predicted octanol–water partition coefficient (Wildman–Crippen LogP) is 2.95. The number of nitrogens with one attached hydrogen (secondary N) is 3. The van der Waals surface area contributed by atoms with Crippen molar-refractivity contribution in [2.75, 3.05) is 13.1 Å². The average molecular weight is 488 g/mol. The molecule has 1 amide bonds. The minimum Gasteiger partial charge on any atom is -0.357 e. The molecule has 0 saturated carbocycles. The first-order valence-corrected chi connectivity index (χ1v) is 8.35. The lowest BCUT2D eigenvalue weighted by molar-refractivity contribution is -0.120. The van der Waals surface area contributed by atoms with Crippen LogP contribution in [0.5, 0.6) is 0 Å². The van der Waals surface area contributed by atoms with Gasteiger partial charge in [0, 0.05) is 18.7 Å². The molecule has 2 rings (SSSR count). The Labute approximate surface area is 174 Å². The third-order valence-corrected chi connectivity index (χ3v) is 3.51. The van der Waals surface area contributed by atoms with Gasteiger partial charge in [-0.05, 0) is 30.7 Å². The van der Waals surface area contributed by atoms with E-state index in [1.54, 1.807) is 0 Å². The summed E-state index contributed by atoms with van der Waals surface area (Å²) in [7, 11) is 0. The largest absolute Gasteiger partial charge is 0.357 e. The molecular weight excluding hydrogens is 465 g/mol. The lowest BCUT2D eigenvalue weighted by atomic mass is 10.2. The van der Waals surface area contributed by atoms with Gasteiger partial charge in [0.05, 0.1) is 13.1 Å². The molecule has 146 valence electrons. The first-order valence-electron chi connectivity index (χ1n) is 8.35. The second kappa shape index (κ2) is 12.2. The van der Waals surface area contributed by atoms with Crippen LogP contribution in [0.15, 0.2) is 53.5 Å². The second-order valence-electron chi connectivity index (χ2n) is 5.55. The van der Waals surface area contributed by atoms with Crippen LogP contribution in [0.3, 0.4) is 0 Å². The molecule has 0 fully saturated rings. The number of halogens is 3. The zero-order chi connectivity index (χ0) is 18.8. The molecule has 0 unspecified atom stereocenters. The SMILES string of the molecule is CCNC(=NCc1cc(F)ccc1F)NCC(=O)NCc1ccccc1.I. The van der Waals surface area contributed by atoms with E-state index in [9.17, 15) is 13.6 Å². The van der Waals surface area contributed by atoms with Gasteiger partial charge in [-0.2, -0.15) is 0 Å². The second-order valence-corrected chi connectivity index (χ2v) is 5.55. The molecule has 0 radical (unpaired) electrons. The van der Waals surface area contributed by atoms with Crippen molar-refractivity contribution in [3.63, 3.8) is 0 Å². The van der Waals surface area contributed by atoms with Crippen LogP contribution in [0.1, 0.15) is 18.1 Å². The lowest BCUT2D eigenvalue weighted by Crippen LogP contribution is -2.43. The van der Waals surface area contributed by atoms with Crippen LogP contribution >= 0.6 is 24.0 Å². The summed E-state index contributed by atoms with van der Waals surface area (Å²) < 4.78 is 26.8. The molecule has 3 N–H and O–H groups in total. The minimum absolute atomic E-state index is 0. The number of hydrogen-bond donors (Lipinski definition) is 3. The lowest BCUT2D eigenvalue weighted by Gasteiger charge is -2.12. The number of amides is 1. The van der Waals surface area contributed by atoms with Crippen LogP contribution in [0.4, 0.5) is 8.78 Å². The van der Waals surface area contributed by atoms with Crippen LogP contribution in [-0.4, -0.2) is 25.0 Å². The van der Waals surface area contributed by atoms with Crippen molar-refractivity contribution in [2.45, 2.75) is 20.0 Å². The van der Waals surface area contributed by atoms with E-state index >= 15 is 0 Å². The van der Waals surface area contributed by atoms with E-state index in [0.29, 0.717) is 19.0 Å². The summed E-state index contributed by atoms with van der Waals surface area (Å²) in [6.07, 6.45) is 0. The quantitative estimate of drug-likeness (QED) is 0.319. The standard InChI is InChI=1S/C19H22F2N4O.HI/c1-2-22-19(24-12-15-10-16(20)8-9-17(15)21)25-13-18(26)23-11-14-6-4-3-5-7-14;/h3-10H,2,11-13H2,1H3,(H,23,26)(H2,22,24,25);1H. The number of nitrogens with zero attached hydrogens (tertiary/aromatic N) is 1. The van der Waals surface area contributed by atoms with E-state index in [1.807, 2.05) is 37.3 Å². The molecule has 0 bridgehead atoms. The predicted molar refractivity (Wildman–Crippen MR) is 113 cm³/mol. The van der Waals surface area contributed by atoms with E-state index in [1.165, 1.54) is 0 Å². The zero-order valence-electron chi connectivity index (χ0n) is 15.0. The summed E-state index contributed by atoms with van der Waals surface area (Å²) in [4.78, 5) is 16.1. The molecule has 0 heterocycles. The molecule has 0 saturated heterocycles. The molecule has 8 heteroatoms. The Morgan fingerprint density at radius 2 is 1.78 bits per heavy atom. The summed E-state index contributed by atoms with van der Waals surface area (Å²) in [5.74, 6) is -0.885. The number of carbonyl (C=O) groups is 1. The molecule has 0 spiro atoms. The van der Waals surface area contributed by atoms with Crippen LogP contribution < -0.4 is 16.0 Å². The summed E-state index contributed by atoms with van der Waals surface area (Å²) >= 11 is 0. The first-order chi connectivity index (χ1) is 12.6. The van der Waals surface area contributed by atoms with E-state index < -0.39 is 11.6 Å². The summed E-state index contributed by atoms with van der Waals surface area (Å²) in [6, 6.07) is 12.8. The van der Waals surface area contributed by atoms with Gasteiger partial charge in [0.1, 0.15) is 11.6 Å². The van der Waals surface area contributed by atoms with E-state index in [-0.39, 0.29) is 48.5 Å². The fourth-order valence-corrected chi connectivity index (χ4v) is 2.19. The molecule has 2 aromatic carbocycles. The van der Waals surface area contributed by atoms with Crippen molar-refractivity contribution in [2.24, 2.45) is 4.99 Å². The molecule has 0 aliphatic carbocycles. The van der Waals surface area contributed by atoms with Gasteiger partial charge in [0.15, 0.2) is 5.96 Å². The van der Waals surface area contributed by atoms with Crippen molar-refractivity contribution in [3.05, 3.63) is 71.3 Å². The normalized spacial score (nSPS) is 10.7. The van der Waals surface area contributed by atoms with Gasteiger partial charge < -0.3 is 16.0 Å². The Morgan fingerprint density at radius 3 is 2.48 bits per heavy atom. The summed E-state index contributed by atoms with van der Waals surface area (Å²) in [6.45, 7) is 2.86. The maximum absolute atomic E-state index is 13.6. The average Bonchev–Trinajstić information content (AvgIpc) is 2.65. The highest BCUT2D eigenvalue weighted by molar-refractivity contribution is 14.0. The molecule has 0 aliphatic heterocycles. The van der Waals surface area contributed by atoms with Crippen LogP contribution in [0.25, 0.3) is 0 Å². The fourth-order valence-electron chi connectivity index (χ4n) is 2.19. The number of benzene rings is 2. The maximum atomic E-state index is 13.6. The molecule has 2 aromatic rings. The van der Waals surface area contributed by atoms with Gasteiger partial charge in [0.2, 0.25) is 5.91 Å². The Morgan fingerprint density at radius 1 is 1.04 bits per heavy atom. The number of rotatable bonds is 7. The molecule has 0 atom stereocenters. The van der Waals surface area contributed by atoms with E-state index in [4.69, 9.17) is 0 Å². The molecule has 27 heavy (non-hydrogen) atoms. The molecular formula is C19H23F2IN4O. The van der Waals surface area contributed by atoms with Gasteiger partial charge in [0.25, 0.3) is 0 Å². The number of hydrogen-bond acceptors (Lipinski definition) is 2. The topological polar surface area (TPSA) is 65.5 Å². The van der Waals surface area contributed by atoms with Crippen molar-refractivity contribution in [1.29, 1.82) is 0 Å². The van der Waals surface area contributed by atoms with Gasteiger partial charge >= 0.3 is 0 Å². The Hall–Kier alpha value is -2.23. The van der Waals surface area contributed by atoms with E-state index in [0.717, 1.165) is 23.8 Å². The molecule has 0 aromatic heterocycles. The van der Waals surface area contributed by atoms with Gasteiger partial charge in [-0.1, -0.05) is 30.3 Å². The maximum Gasteiger partial charge on any atom is 0.239 e. The zero-order valence-corrected chi connectivity index (χ0v) is 17.3. The Balaban J connectivity index is 0.00000364. The Bertz CT molecular complexity index is 757. The summed E-state index contributed by atoms with van der Waals surface area (Å²) in [5.41, 5.74) is 1.15. The van der Waals surface area contributed by atoms with Gasteiger partial charge in [-0.3, -0.25) is 4.79 Å². The number of guanidine groups is 1. The monoisotopic (exact) mass is 488 g/mol. The highest BCUT2D eigenvalue weighted by Crippen LogP contribution is 2.10. The van der Waals surface area contributed by atoms with E-state index in [2.05, 4.69) is 20.9 Å². The summed E-state index contributed by atoms with van der Waals surface area (Å²) in [5, 5.41) is 8.62. The van der Waals surface area contributed by atoms with Crippen molar-refractivity contribution >= 4 is 35.8 Å². The number of aliphatic imine (C=N–C) groups is 1. The molecule has 5 nitrogen and oxygen atoms in total. The van der Waals surface area contributed by atoms with Crippen LogP contribution in [-0.2, 0) is 17.9 Å². The number of carbonyl (C=O) groups excluding carboxylic acids is 1. The minimum atomic E-state index is -0.522. The fraction of sp³-hybridized carbons (Fsp3) is 0.263. The van der Waals surface area contributed by atoms with Gasteiger partial charge in [-0.25, -0.2) is 13.8 Å². The molecule has 0 aliphatic rings. The van der Waals surface area contributed by atoms with Crippen molar-refractivity contribution in [1.82, 2.24) is 16.0 Å². The third kappa shape index (κ3) is 8.33.